The Kier molecular flexibility index (Phi) is 3.47. The summed E-state index contributed by atoms with van der Waals surface area (Å²) in [5.41, 5.74) is 1.10. The van der Waals surface area contributed by atoms with Crippen molar-refractivity contribution in [2.75, 3.05) is 6.54 Å². The molecule has 0 saturated carbocycles. The Morgan fingerprint density at radius 2 is 2.05 bits per heavy atom. The van der Waals surface area contributed by atoms with Gasteiger partial charge in [0, 0.05) is 11.3 Å². The lowest BCUT2D eigenvalue weighted by Crippen LogP contribution is -2.40. The highest BCUT2D eigenvalue weighted by atomic mass is 32.1. The molecule has 1 N–H and O–H groups in total. The van der Waals surface area contributed by atoms with Gasteiger partial charge in [-0.1, -0.05) is 0 Å². The summed E-state index contributed by atoms with van der Waals surface area (Å²) < 4.78 is 26.9. The monoisotopic (exact) mass is 315 g/mol. The Bertz CT molecular complexity index is 576. The van der Waals surface area contributed by atoms with Gasteiger partial charge in [0.2, 0.25) is 0 Å². The normalized spacial score (nSPS) is 23.9. The van der Waals surface area contributed by atoms with E-state index in [1.165, 1.54) is 11.3 Å². The van der Waals surface area contributed by atoms with Gasteiger partial charge in [-0.2, -0.15) is 0 Å². The van der Waals surface area contributed by atoms with Crippen LogP contribution in [0.5, 0.6) is 0 Å². The number of halogens is 2. The SMILES string of the molecule is O=C(O)[C@H]1CC(F)(F)CN1C(=O)c1cc2c(s1)CCCC2. The number of carbonyl (C=O) groups is 2. The zero-order valence-electron chi connectivity index (χ0n) is 11.3. The Balaban J connectivity index is 1.87. The molecular formula is C14H15F2NO3S. The number of fused-ring (bicyclic) bond motifs is 1. The molecule has 0 spiro atoms. The van der Waals surface area contributed by atoms with Crippen molar-refractivity contribution in [3.63, 3.8) is 0 Å². The van der Waals surface area contributed by atoms with Crippen LogP contribution in [0.25, 0.3) is 0 Å². The zero-order chi connectivity index (χ0) is 15.2. The standard InChI is InChI=1S/C14H15F2NO3S/c15-14(16)6-9(13(19)20)17(7-14)12(18)11-5-8-3-1-2-4-10(8)21-11/h5,9H,1-4,6-7H2,(H,19,20)/t9-/m1/s1. The number of amides is 1. The van der Waals surface area contributed by atoms with E-state index >= 15 is 0 Å². The van der Waals surface area contributed by atoms with Crippen molar-refractivity contribution < 1.29 is 23.5 Å². The minimum atomic E-state index is -3.13. The van der Waals surface area contributed by atoms with Crippen molar-refractivity contribution in [2.24, 2.45) is 0 Å². The Labute approximate surface area is 124 Å². The lowest BCUT2D eigenvalue weighted by Gasteiger charge is -2.19. The number of hydrogen-bond acceptors (Lipinski definition) is 3. The number of hydrogen-bond donors (Lipinski definition) is 1. The van der Waals surface area contributed by atoms with Gasteiger partial charge in [0.1, 0.15) is 6.04 Å². The second-order valence-corrected chi connectivity index (χ2v) is 6.75. The van der Waals surface area contributed by atoms with Crippen LogP contribution in [-0.2, 0) is 17.6 Å². The molecule has 1 aromatic heterocycles. The number of aliphatic carboxylic acids is 1. The first-order chi connectivity index (χ1) is 9.87. The highest BCUT2D eigenvalue weighted by Crippen LogP contribution is 2.36. The van der Waals surface area contributed by atoms with Crippen molar-refractivity contribution in [3.05, 3.63) is 21.4 Å². The number of carboxylic acid groups (broad SMARTS) is 1. The fourth-order valence-electron chi connectivity index (χ4n) is 2.99. The Morgan fingerprint density at radius 3 is 2.71 bits per heavy atom. The highest BCUT2D eigenvalue weighted by molar-refractivity contribution is 7.14. The molecule has 1 aromatic rings. The number of carboxylic acids is 1. The number of thiophene rings is 1. The van der Waals surface area contributed by atoms with Gasteiger partial charge in [-0.15, -0.1) is 11.3 Å². The average Bonchev–Trinajstić information content (AvgIpc) is 2.98. The van der Waals surface area contributed by atoms with Crippen LogP contribution in [0.2, 0.25) is 0 Å². The molecule has 7 heteroatoms. The van der Waals surface area contributed by atoms with E-state index in [1.807, 2.05) is 0 Å². The maximum atomic E-state index is 13.5. The lowest BCUT2D eigenvalue weighted by molar-refractivity contribution is -0.141. The van der Waals surface area contributed by atoms with Crippen LogP contribution in [0.3, 0.4) is 0 Å². The van der Waals surface area contributed by atoms with Gasteiger partial charge in [-0.25, -0.2) is 13.6 Å². The summed E-state index contributed by atoms with van der Waals surface area (Å²) in [5, 5.41) is 9.05. The zero-order valence-corrected chi connectivity index (χ0v) is 12.1. The molecule has 4 nitrogen and oxygen atoms in total. The van der Waals surface area contributed by atoms with E-state index in [9.17, 15) is 18.4 Å². The van der Waals surface area contributed by atoms with Crippen LogP contribution in [-0.4, -0.2) is 40.4 Å². The summed E-state index contributed by atoms with van der Waals surface area (Å²) in [7, 11) is 0. The fourth-order valence-corrected chi connectivity index (χ4v) is 4.20. The molecule has 1 aliphatic carbocycles. The smallest absolute Gasteiger partial charge is 0.326 e. The van der Waals surface area contributed by atoms with Crippen molar-refractivity contribution >= 4 is 23.2 Å². The first kappa shape index (κ1) is 14.4. The first-order valence-electron chi connectivity index (χ1n) is 6.90. The minimum absolute atomic E-state index is 0.380. The van der Waals surface area contributed by atoms with Gasteiger partial charge in [0.15, 0.2) is 0 Å². The highest BCUT2D eigenvalue weighted by Gasteiger charge is 2.50. The van der Waals surface area contributed by atoms with E-state index in [1.54, 1.807) is 6.07 Å². The van der Waals surface area contributed by atoms with E-state index in [4.69, 9.17) is 5.11 Å². The molecule has 2 aliphatic rings. The molecule has 0 bridgehead atoms. The van der Waals surface area contributed by atoms with Gasteiger partial charge >= 0.3 is 5.97 Å². The summed E-state index contributed by atoms with van der Waals surface area (Å²) in [6.45, 7) is -0.814. The maximum Gasteiger partial charge on any atom is 0.326 e. The van der Waals surface area contributed by atoms with Gasteiger partial charge < -0.3 is 10.0 Å². The van der Waals surface area contributed by atoms with Crippen molar-refractivity contribution in [2.45, 2.75) is 44.1 Å². The molecule has 1 fully saturated rings. The second-order valence-electron chi connectivity index (χ2n) is 5.61. The van der Waals surface area contributed by atoms with E-state index < -0.39 is 36.8 Å². The molecule has 1 aliphatic heterocycles. The number of likely N-dealkylation sites (tertiary alicyclic amines) is 1. The van der Waals surface area contributed by atoms with E-state index in [2.05, 4.69) is 0 Å². The van der Waals surface area contributed by atoms with Crippen LogP contribution in [0.4, 0.5) is 8.78 Å². The fraction of sp³-hybridized carbons (Fsp3) is 0.571. The third-order valence-electron chi connectivity index (χ3n) is 4.02. The van der Waals surface area contributed by atoms with Crippen molar-refractivity contribution in [1.29, 1.82) is 0 Å². The molecule has 1 amide bonds. The summed E-state index contributed by atoms with van der Waals surface area (Å²) in [6, 6.07) is 0.309. The molecule has 0 radical (unpaired) electrons. The Morgan fingerprint density at radius 1 is 1.33 bits per heavy atom. The number of carbonyl (C=O) groups excluding carboxylic acids is 1. The van der Waals surface area contributed by atoms with Crippen LogP contribution in [0.1, 0.15) is 39.4 Å². The lowest BCUT2D eigenvalue weighted by atomic mass is 9.99. The van der Waals surface area contributed by atoms with E-state index in [-0.39, 0.29) is 0 Å². The largest absolute Gasteiger partial charge is 0.480 e. The first-order valence-corrected chi connectivity index (χ1v) is 7.72. The van der Waals surface area contributed by atoms with Crippen LogP contribution in [0, 0.1) is 0 Å². The molecule has 114 valence electrons. The number of alkyl halides is 2. The number of rotatable bonds is 2. The molecule has 2 heterocycles. The minimum Gasteiger partial charge on any atom is -0.480 e. The molecule has 1 saturated heterocycles. The van der Waals surface area contributed by atoms with Crippen LogP contribution in [0.15, 0.2) is 6.07 Å². The molecule has 1 atom stereocenters. The summed E-state index contributed by atoms with van der Waals surface area (Å²) in [4.78, 5) is 25.8. The third kappa shape index (κ3) is 2.66. The van der Waals surface area contributed by atoms with Crippen LogP contribution >= 0.6 is 11.3 Å². The third-order valence-corrected chi connectivity index (χ3v) is 5.25. The summed E-state index contributed by atoms with van der Waals surface area (Å²) >= 11 is 1.32. The van der Waals surface area contributed by atoms with E-state index in [0.717, 1.165) is 41.0 Å². The van der Waals surface area contributed by atoms with Gasteiger partial charge in [0.05, 0.1) is 11.4 Å². The predicted molar refractivity (Wildman–Crippen MR) is 73.0 cm³/mol. The Hall–Kier alpha value is -1.50. The van der Waals surface area contributed by atoms with E-state index in [0.29, 0.717) is 4.88 Å². The number of aryl methyl sites for hydroxylation is 2. The predicted octanol–water partition coefficient (Wildman–Crippen LogP) is 2.56. The maximum absolute atomic E-state index is 13.5. The second kappa shape index (κ2) is 5.05. The summed E-state index contributed by atoms with van der Waals surface area (Å²) in [5.74, 6) is -5.09. The van der Waals surface area contributed by atoms with Crippen molar-refractivity contribution in [3.8, 4) is 0 Å². The topological polar surface area (TPSA) is 57.6 Å². The summed E-state index contributed by atoms with van der Waals surface area (Å²) in [6.07, 6.45) is 3.14. The molecule has 0 aromatic carbocycles. The van der Waals surface area contributed by atoms with Crippen LogP contribution < -0.4 is 0 Å². The molecule has 3 rings (SSSR count). The molecular weight excluding hydrogens is 300 g/mol. The van der Waals surface area contributed by atoms with Crippen molar-refractivity contribution in [1.82, 2.24) is 4.90 Å². The van der Waals surface area contributed by atoms with Gasteiger partial charge in [-0.05, 0) is 37.3 Å². The quantitative estimate of drug-likeness (QED) is 0.912. The van der Waals surface area contributed by atoms with Gasteiger partial charge in [-0.3, -0.25) is 4.79 Å². The van der Waals surface area contributed by atoms with Gasteiger partial charge in [0.25, 0.3) is 11.8 Å². The number of nitrogens with zero attached hydrogens (tertiary/aromatic N) is 1. The molecule has 21 heavy (non-hydrogen) atoms. The average molecular weight is 315 g/mol. The molecule has 0 unspecified atom stereocenters.